The number of fused-ring (bicyclic) bond motifs is 1. The molecule has 0 saturated carbocycles. The number of hydrogen-bond donors (Lipinski definition) is 0. The smallest absolute Gasteiger partial charge is 0.137 e. The van der Waals surface area contributed by atoms with E-state index < -0.39 is 0 Å². The number of piperidine rings is 1. The van der Waals surface area contributed by atoms with Crippen LogP contribution in [0.3, 0.4) is 0 Å². The summed E-state index contributed by atoms with van der Waals surface area (Å²) in [6.07, 6.45) is 6.86. The zero-order valence-corrected chi connectivity index (χ0v) is 19.4. The van der Waals surface area contributed by atoms with Crippen molar-refractivity contribution in [2.45, 2.75) is 51.9 Å². The largest absolute Gasteiger partial charge is 0.492 e. The van der Waals surface area contributed by atoms with Crippen molar-refractivity contribution in [1.82, 2.24) is 14.8 Å². The Hall–Kier alpha value is -2.83. The predicted octanol–water partition coefficient (Wildman–Crippen LogP) is 4.68. The number of aryl methyl sites for hydroxylation is 1. The standard InChI is InChI=1S/C27H33N3O3/c1-2-23-6-7-26(32-23)20-30-14-15-31-27-8-5-21(16-22(27)19-30)18-29-12-9-24(10-13-29)33-25-4-3-11-28-17-25/h3-8,11,16-17,24H,2,9-10,12-15,18-20H2,1H3. The van der Waals surface area contributed by atoms with E-state index in [0.717, 1.165) is 81.6 Å². The maximum atomic E-state index is 6.09. The van der Waals surface area contributed by atoms with Crippen molar-refractivity contribution in [3.05, 3.63) is 77.5 Å². The summed E-state index contributed by atoms with van der Waals surface area (Å²) >= 11 is 0. The van der Waals surface area contributed by atoms with E-state index in [-0.39, 0.29) is 6.10 Å². The molecule has 0 atom stereocenters. The molecule has 174 valence electrons. The lowest BCUT2D eigenvalue weighted by Crippen LogP contribution is -2.37. The summed E-state index contributed by atoms with van der Waals surface area (Å²) < 4.78 is 18.1. The van der Waals surface area contributed by atoms with Crippen molar-refractivity contribution in [3.8, 4) is 11.5 Å². The maximum Gasteiger partial charge on any atom is 0.137 e. The Balaban J connectivity index is 1.17. The van der Waals surface area contributed by atoms with Gasteiger partial charge < -0.3 is 13.9 Å². The van der Waals surface area contributed by atoms with Gasteiger partial charge in [0.25, 0.3) is 0 Å². The highest BCUT2D eigenvalue weighted by Gasteiger charge is 2.22. The fourth-order valence-corrected chi connectivity index (χ4v) is 4.71. The molecule has 6 nitrogen and oxygen atoms in total. The lowest BCUT2D eigenvalue weighted by Gasteiger charge is -2.32. The van der Waals surface area contributed by atoms with Crippen LogP contribution >= 0.6 is 0 Å². The third kappa shape index (κ3) is 5.75. The summed E-state index contributed by atoms with van der Waals surface area (Å²) in [5.74, 6) is 3.96. The molecule has 0 aliphatic carbocycles. The number of aromatic nitrogens is 1. The molecule has 5 rings (SSSR count). The fraction of sp³-hybridized carbons (Fsp3) is 0.444. The lowest BCUT2D eigenvalue weighted by atomic mass is 10.0. The molecule has 2 aliphatic heterocycles. The second-order valence-corrected chi connectivity index (χ2v) is 9.00. The highest BCUT2D eigenvalue weighted by molar-refractivity contribution is 5.38. The second kappa shape index (κ2) is 10.4. The van der Waals surface area contributed by atoms with Crippen LogP contribution in [-0.4, -0.2) is 47.1 Å². The number of rotatable bonds is 7. The molecule has 1 aromatic carbocycles. The van der Waals surface area contributed by atoms with Gasteiger partial charge in [0.2, 0.25) is 0 Å². The van der Waals surface area contributed by atoms with E-state index in [0.29, 0.717) is 6.61 Å². The van der Waals surface area contributed by atoms with Crippen LogP contribution in [0.2, 0.25) is 0 Å². The van der Waals surface area contributed by atoms with Gasteiger partial charge in [-0.3, -0.25) is 14.8 Å². The van der Waals surface area contributed by atoms with E-state index >= 15 is 0 Å². The Labute approximate surface area is 196 Å². The van der Waals surface area contributed by atoms with Crippen LogP contribution in [0.4, 0.5) is 0 Å². The minimum absolute atomic E-state index is 0.272. The quantitative estimate of drug-likeness (QED) is 0.524. The van der Waals surface area contributed by atoms with E-state index in [1.807, 2.05) is 12.1 Å². The van der Waals surface area contributed by atoms with Crippen molar-refractivity contribution in [3.63, 3.8) is 0 Å². The van der Waals surface area contributed by atoms with Crippen molar-refractivity contribution >= 4 is 0 Å². The molecule has 2 aliphatic rings. The molecular weight excluding hydrogens is 414 g/mol. The van der Waals surface area contributed by atoms with Crippen LogP contribution in [0.25, 0.3) is 0 Å². The minimum Gasteiger partial charge on any atom is -0.492 e. The first-order valence-electron chi connectivity index (χ1n) is 12.1. The van der Waals surface area contributed by atoms with E-state index in [9.17, 15) is 0 Å². The van der Waals surface area contributed by atoms with Crippen molar-refractivity contribution in [2.24, 2.45) is 0 Å². The first kappa shape index (κ1) is 22.0. The second-order valence-electron chi connectivity index (χ2n) is 9.00. The summed E-state index contributed by atoms with van der Waals surface area (Å²) in [7, 11) is 0. The fourth-order valence-electron chi connectivity index (χ4n) is 4.71. The Bertz CT molecular complexity index is 1030. The summed E-state index contributed by atoms with van der Waals surface area (Å²) in [6.45, 7) is 8.48. The normalized spacial score (nSPS) is 17.8. The van der Waals surface area contributed by atoms with E-state index in [2.05, 4.69) is 52.0 Å². The van der Waals surface area contributed by atoms with Gasteiger partial charge in [0.05, 0.1) is 12.7 Å². The zero-order chi connectivity index (χ0) is 22.5. The van der Waals surface area contributed by atoms with Crippen LogP contribution < -0.4 is 9.47 Å². The molecular formula is C27H33N3O3. The molecule has 0 N–H and O–H groups in total. The third-order valence-corrected chi connectivity index (χ3v) is 6.51. The zero-order valence-electron chi connectivity index (χ0n) is 19.4. The number of nitrogens with zero attached hydrogens (tertiary/aromatic N) is 3. The van der Waals surface area contributed by atoms with E-state index in [4.69, 9.17) is 13.9 Å². The molecule has 0 spiro atoms. The Morgan fingerprint density at radius 2 is 1.88 bits per heavy atom. The van der Waals surface area contributed by atoms with E-state index in [1.165, 1.54) is 11.1 Å². The number of ether oxygens (including phenoxy) is 2. The van der Waals surface area contributed by atoms with Crippen molar-refractivity contribution < 1.29 is 13.9 Å². The molecule has 2 aromatic heterocycles. The molecule has 4 heterocycles. The minimum atomic E-state index is 0.272. The molecule has 0 amide bonds. The highest BCUT2D eigenvalue weighted by atomic mass is 16.5. The molecule has 0 unspecified atom stereocenters. The van der Waals surface area contributed by atoms with Gasteiger partial charge in [0.1, 0.15) is 35.7 Å². The van der Waals surface area contributed by atoms with Gasteiger partial charge in [0, 0.05) is 50.9 Å². The van der Waals surface area contributed by atoms with Gasteiger partial charge in [0.15, 0.2) is 0 Å². The third-order valence-electron chi connectivity index (χ3n) is 6.51. The average molecular weight is 448 g/mol. The summed E-state index contributed by atoms with van der Waals surface area (Å²) in [5, 5.41) is 0. The van der Waals surface area contributed by atoms with Gasteiger partial charge in [-0.2, -0.15) is 0 Å². The first-order valence-corrected chi connectivity index (χ1v) is 12.1. The van der Waals surface area contributed by atoms with Crippen LogP contribution in [0.5, 0.6) is 11.5 Å². The number of pyridine rings is 1. The Kier molecular flexibility index (Phi) is 6.93. The predicted molar refractivity (Wildman–Crippen MR) is 127 cm³/mol. The maximum absolute atomic E-state index is 6.09. The van der Waals surface area contributed by atoms with Gasteiger partial charge in [-0.15, -0.1) is 0 Å². The molecule has 1 fully saturated rings. The molecule has 0 bridgehead atoms. The van der Waals surface area contributed by atoms with Crippen LogP contribution in [-0.2, 0) is 26.1 Å². The van der Waals surface area contributed by atoms with Crippen molar-refractivity contribution in [2.75, 3.05) is 26.2 Å². The Morgan fingerprint density at radius 3 is 2.67 bits per heavy atom. The summed E-state index contributed by atoms with van der Waals surface area (Å²) in [5.41, 5.74) is 2.61. The van der Waals surface area contributed by atoms with Crippen molar-refractivity contribution in [1.29, 1.82) is 0 Å². The van der Waals surface area contributed by atoms with Gasteiger partial charge >= 0.3 is 0 Å². The van der Waals surface area contributed by atoms with Crippen LogP contribution in [0, 0.1) is 0 Å². The monoisotopic (exact) mass is 447 g/mol. The number of benzene rings is 1. The topological polar surface area (TPSA) is 51.0 Å². The molecule has 6 heteroatoms. The van der Waals surface area contributed by atoms with E-state index in [1.54, 1.807) is 12.4 Å². The van der Waals surface area contributed by atoms with Crippen LogP contribution in [0.1, 0.15) is 42.4 Å². The van der Waals surface area contributed by atoms with Gasteiger partial charge in [-0.1, -0.05) is 13.0 Å². The Morgan fingerprint density at radius 1 is 1.00 bits per heavy atom. The number of hydrogen-bond acceptors (Lipinski definition) is 6. The molecule has 3 aromatic rings. The SMILES string of the molecule is CCc1ccc(CN2CCOc3ccc(CN4CCC(Oc5cccnc5)CC4)cc3C2)o1. The van der Waals surface area contributed by atoms with Gasteiger partial charge in [-0.25, -0.2) is 0 Å². The lowest BCUT2D eigenvalue weighted by molar-refractivity contribution is 0.0965. The molecule has 33 heavy (non-hydrogen) atoms. The molecule has 0 radical (unpaired) electrons. The van der Waals surface area contributed by atoms with Crippen LogP contribution in [0.15, 0.2) is 59.3 Å². The highest BCUT2D eigenvalue weighted by Crippen LogP contribution is 2.27. The number of likely N-dealkylation sites (tertiary alicyclic amines) is 1. The summed E-state index contributed by atoms with van der Waals surface area (Å²) in [4.78, 5) is 9.08. The number of furan rings is 1. The first-order chi connectivity index (χ1) is 16.2. The van der Waals surface area contributed by atoms with Gasteiger partial charge in [-0.05, 0) is 54.8 Å². The summed E-state index contributed by atoms with van der Waals surface area (Å²) in [6, 6.07) is 14.8. The molecule has 1 saturated heterocycles. The average Bonchev–Trinajstić information content (AvgIpc) is 3.20.